The highest BCUT2D eigenvalue weighted by atomic mass is 16.5. The molecule has 4 rings (SSSR count). The van der Waals surface area contributed by atoms with Gasteiger partial charge < -0.3 is 14.2 Å². The second-order valence-electron chi connectivity index (χ2n) is 6.26. The monoisotopic (exact) mass is 344 g/mol. The van der Waals surface area contributed by atoms with Crippen molar-refractivity contribution in [2.75, 3.05) is 31.2 Å². The number of benzene rings is 2. The summed E-state index contributed by atoms with van der Waals surface area (Å²) in [5.74, 6) is 0. The Morgan fingerprint density at radius 1 is 1.08 bits per heavy atom. The standard InChI is InChI=1S/C21H20N4O/c22-9-10-25-16-17(20-3-1-2-4-21(20)25)15-23-18-5-7-19(8-6-18)24-11-13-26-14-12-24/h1-8,15-16H,10-14H2. The van der Waals surface area contributed by atoms with Gasteiger partial charge in [-0.15, -0.1) is 0 Å². The average molecular weight is 344 g/mol. The van der Waals surface area contributed by atoms with E-state index in [4.69, 9.17) is 10.00 Å². The maximum absolute atomic E-state index is 9.01. The van der Waals surface area contributed by atoms with Crippen LogP contribution in [0.25, 0.3) is 10.9 Å². The summed E-state index contributed by atoms with van der Waals surface area (Å²) in [5, 5.41) is 10.1. The summed E-state index contributed by atoms with van der Waals surface area (Å²) >= 11 is 0. The number of nitrogens with zero attached hydrogens (tertiary/aromatic N) is 4. The predicted molar refractivity (Wildman–Crippen MR) is 104 cm³/mol. The van der Waals surface area contributed by atoms with Crippen molar-refractivity contribution in [3.05, 3.63) is 60.3 Å². The number of anilines is 1. The first kappa shape index (κ1) is 16.4. The lowest BCUT2D eigenvalue weighted by Gasteiger charge is -2.28. The molecule has 0 spiro atoms. The Morgan fingerprint density at radius 3 is 2.62 bits per heavy atom. The number of aromatic nitrogens is 1. The Balaban J connectivity index is 1.56. The van der Waals surface area contributed by atoms with Crippen LogP contribution in [0.1, 0.15) is 5.56 Å². The number of fused-ring (bicyclic) bond motifs is 1. The summed E-state index contributed by atoms with van der Waals surface area (Å²) in [6, 6.07) is 18.6. The number of hydrogen-bond acceptors (Lipinski definition) is 4. The molecule has 1 fully saturated rings. The van der Waals surface area contributed by atoms with Crippen molar-refractivity contribution in [3.63, 3.8) is 0 Å². The molecule has 1 saturated heterocycles. The van der Waals surface area contributed by atoms with Crippen LogP contribution in [0.4, 0.5) is 11.4 Å². The summed E-state index contributed by atoms with van der Waals surface area (Å²) in [5.41, 5.74) is 4.20. The summed E-state index contributed by atoms with van der Waals surface area (Å²) in [4.78, 5) is 6.95. The van der Waals surface area contributed by atoms with E-state index in [9.17, 15) is 0 Å². The number of ether oxygens (including phenoxy) is 1. The van der Waals surface area contributed by atoms with Gasteiger partial charge in [-0.1, -0.05) is 18.2 Å². The van der Waals surface area contributed by atoms with Crippen LogP contribution in [0.2, 0.25) is 0 Å². The Kier molecular flexibility index (Phi) is 4.67. The molecule has 3 aromatic rings. The van der Waals surface area contributed by atoms with Crippen molar-refractivity contribution in [1.82, 2.24) is 4.57 Å². The van der Waals surface area contributed by atoms with Gasteiger partial charge in [-0.25, -0.2) is 0 Å². The van der Waals surface area contributed by atoms with Gasteiger partial charge in [0.25, 0.3) is 0 Å². The van der Waals surface area contributed by atoms with E-state index in [2.05, 4.69) is 34.2 Å². The number of nitriles is 1. The smallest absolute Gasteiger partial charge is 0.110 e. The van der Waals surface area contributed by atoms with Crippen molar-refractivity contribution in [1.29, 1.82) is 5.26 Å². The maximum atomic E-state index is 9.01. The highest BCUT2D eigenvalue weighted by Crippen LogP contribution is 2.23. The molecule has 1 aliphatic heterocycles. The van der Waals surface area contributed by atoms with Gasteiger partial charge in [0.05, 0.1) is 25.0 Å². The van der Waals surface area contributed by atoms with E-state index in [1.807, 2.05) is 47.3 Å². The van der Waals surface area contributed by atoms with Crippen LogP contribution in [-0.4, -0.2) is 37.1 Å². The van der Waals surface area contributed by atoms with Crippen LogP contribution in [0, 0.1) is 11.3 Å². The fraction of sp³-hybridized carbons (Fsp3) is 0.238. The topological polar surface area (TPSA) is 53.5 Å². The quantitative estimate of drug-likeness (QED) is 0.677. The number of para-hydroxylation sites is 1. The molecular weight excluding hydrogens is 324 g/mol. The maximum Gasteiger partial charge on any atom is 0.110 e. The number of hydrogen-bond donors (Lipinski definition) is 0. The van der Waals surface area contributed by atoms with E-state index in [1.165, 1.54) is 5.69 Å². The van der Waals surface area contributed by atoms with Gasteiger partial charge in [-0.05, 0) is 30.3 Å². The summed E-state index contributed by atoms with van der Waals surface area (Å²) in [6.07, 6.45) is 3.86. The molecule has 0 saturated carbocycles. The zero-order valence-corrected chi connectivity index (χ0v) is 14.5. The minimum Gasteiger partial charge on any atom is -0.378 e. The van der Waals surface area contributed by atoms with E-state index in [-0.39, 0.29) is 0 Å². The van der Waals surface area contributed by atoms with Gasteiger partial charge in [0.15, 0.2) is 0 Å². The zero-order chi connectivity index (χ0) is 17.8. The first-order valence-electron chi connectivity index (χ1n) is 8.77. The van der Waals surface area contributed by atoms with Gasteiger partial charge in [0.1, 0.15) is 6.54 Å². The van der Waals surface area contributed by atoms with Crippen LogP contribution < -0.4 is 4.90 Å². The van der Waals surface area contributed by atoms with E-state index in [1.54, 1.807) is 0 Å². The molecule has 0 unspecified atom stereocenters. The molecule has 0 bridgehead atoms. The molecule has 1 aliphatic rings. The van der Waals surface area contributed by atoms with Crippen LogP contribution in [-0.2, 0) is 11.3 Å². The molecule has 0 amide bonds. The van der Waals surface area contributed by atoms with E-state index in [0.717, 1.165) is 48.5 Å². The normalized spacial score (nSPS) is 14.8. The van der Waals surface area contributed by atoms with Gasteiger partial charge in [-0.3, -0.25) is 4.99 Å². The van der Waals surface area contributed by atoms with Crippen LogP contribution >= 0.6 is 0 Å². The minimum atomic E-state index is 0.336. The number of rotatable bonds is 4. The first-order chi connectivity index (χ1) is 12.8. The molecule has 5 nitrogen and oxygen atoms in total. The summed E-state index contributed by atoms with van der Waals surface area (Å²) < 4.78 is 7.36. The zero-order valence-electron chi connectivity index (χ0n) is 14.5. The molecule has 130 valence electrons. The molecule has 1 aromatic heterocycles. The van der Waals surface area contributed by atoms with Gasteiger partial charge >= 0.3 is 0 Å². The minimum absolute atomic E-state index is 0.336. The molecular formula is C21H20N4O. The Morgan fingerprint density at radius 2 is 1.85 bits per heavy atom. The largest absolute Gasteiger partial charge is 0.378 e. The summed E-state index contributed by atoms with van der Waals surface area (Å²) in [6.45, 7) is 3.77. The number of morpholine rings is 1. The Bertz CT molecular complexity index is 960. The van der Waals surface area contributed by atoms with Crippen LogP contribution in [0.15, 0.2) is 59.7 Å². The molecule has 5 heteroatoms. The lowest BCUT2D eigenvalue weighted by atomic mass is 10.2. The highest BCUT2D eigenvalue weighted by molar-refractivity contribution is 6.00. The summed E-state index contributed by atoms with van der Waals surface area (Å²) in [7, 11) is 0. The first-order valence-corrected chi connectivity index (χ1v) is 8.77. The van der Waals surface area contributed by atoms with Gasteiger partial charge in [0, 0.05) is 47.7 Å². The molecule has 0 atom stereocenters. The van der Waals surface area contributed by atoms with Crippen molar-refractivity contribution in [3.8, 4) is 6.07 Å². The van der Waals surface area contributed by atoms with Crippen molar-refractivity contribution in [2.45, 2.75) is 6.54 Å². The van der Waals surface area contributed by atoms with Crippen molar-refractivity contribution < 1.29 is 4.74 Å². The lowest BCUT2D eigenvalue weighted by Crippen LogP contribution is -2.36. The van der Waals surface area contributed by atoms with Crippen molar-refractivity contribution >= 4 is 28.5 Å². The Hall–Kier alpha value is -3.10. The molecule has 2 aromatic carbocycles. The van der Waals surface area contributed by atoms with E-state index < -0.39 is 0 Å². The fourth-order valence-electron chi connectivity index (χ4n) is 3.30. The average Bonchev–Trinajstić information content (AvgIpc) is 3.06. The molecule has 0 radical (unpaired) electrons. The SMILES string of the molecule is N#CCn1cc(C=Nc2ccc(N3CCOCC3)cc2)c2ccccc21. The molecule has 2 heterocycles. The molecule has 26 heavy (non-hydrogen) atoms. The lowest BCUT2D eigenvalue weighted by molar-refractivity contribution is 0.122. The third-order valence-electron chi connectivity index (χ3n) is 4.64. The van der Waals surface area contributed by atoms with Gasteiger partial charge in [0.2, 0.25) is 0 Å². The molecule has 0 N–H and O–H groups in total. The number of aliphatic imine (C=N–C) groups is 1. The van der Waals surface area contributed by atoms with Crippen LogP contribution in [0.3, 0.4) is 0 Å². The second kappa shape index (κ2) is 7.42. The fourth-order valence-corrected chi connectivity index (χ4v) is 3.30. The second-order valence-corrected chi connectivity index (χ2v) is 6.26. The van der Waals surface area contributed by atoms with E-state index in [0.29, 0.717) is 6.54 Å². The van der Waals surface area contributed by atoms with E-state index >= 15 is 0 Å². The Labute approximate surface area is 152 Å². The van der Waals surface area contributed by atoms with Crippen LogP contribution in [0.5, 0.6) is 0 Å². The highest BCUT2D eigenvalue weighted by Gasteiger charge is 2.10. The predicted octanol–water partition coefficient (Wildman–Crippen LogP) is 3.75. The van der Waals surface area contributed by atoms with Gasteiger partial charge in [-0.2, -0.15) is 5.26 Å². The molecule has 0 aliphatic carbocycles. The third-order valence-corrected chi connectivity index (χ3v) is 4.64. The van der Waals surface area contributed by atoms with Crippen molar-refractivity contribution in [2.24, 2.45) is 4.99 Å². The third kappa shape index (κ3) is 3.32.